The third kappa shape index (κ3) is 2.51. The average molecular weight is 235 g/mol. The third-order valence-corrected chi connectivity index (χ3v) is 3.74. The molecule has 0 amide bonds. The van der Waals surface area contributed by atoms with Crippen molar-refractivity contribution in [3.05, 3.63) is 39.8 Å². The SMILES string of the molecule is Cc1nn(C)cc1CNC(C)c1cccs1. The number of hydrogen-bond donors (Lipinski definition) is 1. The van der Waals surface area contributed by atoms with Crippen LogP contribution in [0.5, 0.6) is 0 Å². The van der Waals surface area contributed by atoms with Crippen molar-refractivity contribution in [1.29, 1.82) is 0 Å². The highest BCUT2D eigenvalue weighted by Crippen LogP contribution is 2.18. The van der Waals surface area contributed by atoms with Gasteiger partial charge in [0.1, 0.15) is 0 Å². The predicted molar refractivity (Wildman–Crippen MR) is 67.5 cm³/mol. The summed E-state index contributed by atoms with van der Waals surface area (Å²) in [5, 5.41) is 9.96. The zero-order chi connectivity index (χ0) is 11.5. The lowest BCUT2D eigenvalue weighted by Gasteiger charge is -2.11. The van der Waals surface area contributed by atoms with Gasteiger partial charge in [-0.1, -0.05) is 6.07 Å². The molecule has 0 aromatic carbocycles. The monoisotopic (exact) mass is 235 g/mol. The van der Waals surface area contributed by atoms with Gasteiger partial charge in [-0.25, -0.2) is 0 Å². The molecule has 2 heterocycles. The average Bonchev–Trinajstić information content (AvgIpc) is 2.84. The first kappa shape index (κ1) is 11.4. The minimum Gasteiger partial charge on any atom is -0.305 e. The van der Waals surface area contributed by atoms with Crippen LogP contribution < -0.4 is 5.32 Å². The Labute approximate surface area is 100 Å². The maximum absolute atomic E-state index is 4.33. The van der Waals surface area contributed by atoms with Gasteiger partial charge in [-0.05, 0) is 25.3 Å². The van der Waals surface area contributed by atoms with Crippen molar-refractivity contribution in [1.82, 2.24) is 15.1 Å². The first-order valence-electron chi connectivity index (χ1n) is 5.42. The van der Waals surface area contributed by atoms with Gasteiger partial charge in [0.2, 0.25) is 0 Å². The van der Waals surface area contributed by atoms with Crippen LogP contribution in [0, 0.1) is 6.92 Å². The van der Waals surface area contributed by atoms with Crippen LogP contribution in [0.15, 0.2) is 23.7 Å². The second kappa shape index (κ2) is 4.80. The first-order chi connectivity index (χ1) is 7.66. The van der Waals surface area contributed by atoms with E-state index in [0.29, 0.717) is 6.04 Å². The fourth-order valence-corrected chi connectivity index (χ4v) is 2.48. The molecule has 0 radical (unpaired) electrons. The highest BCUT2D eigenvalue weighted by atomic mass is 32.1. The topological polar surface area (TPSA) is 29.9 Å². The maximum Gasteiger partial charge on any atom is 0.0638 e. The van der Waals surface area contributed by atoms with Crippen molar-refractivity contribution in [2.45, 2.75) is 26.4 Å². The van der Waals surface area contributed by atoms with Gasteiger partial charge in [-0.15, -0.1) is 11.3 Å². The van der Waals surface area contributed by atoms with Gasteiger partial charge in [0.05, 0.1) is 5.69 Å². The largest absolute Gasteiger partial charge is 0.305 e. The lowest BCUT2D eigenvalue weighted by Crippen LogP contribution is -2.17. The summed E-state index contributed by atoms with van der Waals surface area (Å²) in [5.74, 6) is 0. The smallest absolute Gasteiger partial charge is 0.0638 e. The number of hydrogen-bond acceptors (Lipinski definition) is 3. The van der Waals surface area contributed by atoms with Crippen molar-refractivity contribution >= 4 is 11.3 Å². The van der Waals surface area contributed by atoms with Gasteiger partial charge in [0.25, 0.3) is 0 Å². The summed E-state index contributed by atoms with van der Waals surface area (Å²) < 4.78 is 1.86. The Morgan fingerprint density at radius 1 is 1.56 bits per heavy atom. The van der Waals surface area contributed by atoms with Crippen LogP contribution in [-0.4, -0.2) is 9.78 Å². The van der Waals surface area contributed by atoms with Crippen LogP contribution in [0.3, 0.4) is 0 Å². The van der Waals surface area contributed by atoms with Gasteiger partial charge in [0, 0.05) is 36.3 Å². The molecule has 0 aliphatic rings. The van der Waals surface area contributed by atoms with Crippen molar-refractivity contribution in [2.24, 2.45) is 7.05 Å². The van der Waals surface area contributed by atoms with Gasteiger partial charge >= 0.3 is 0 Å². The lowest BCUT2D eigenvalue weighted by molar-refractivity contribution is 0.581. The molecule has 0 fully saturated rings. The zero-order valence-corrected chi connectivity index (χ0v) is 10.7. The minimum atomic E-state index is 0.402. The molecule has 1 unspecified atom stereocenters. The first-order valence-corrected chi connectivity index (χ1v) is 6.30. The molecule has 0 saturated heterocycles. The Hall–Kier alpha value is -1.13. The lowest BCUT2D eigenvalue weighted by atomic mass is 10.2. The molecular weight excluding hydrogens is 218 g/mol. The van der Waals surface area contributed by atoms with E-state index in [0.717, 1.165) is 12.2 Å². The van der Waals surface area contributed by atoms with Crippen LogP contribution in [0.2, 0.25) is 0 Å². The van der Waals surface area contributed by atoms with Gasteiger partial charge < -0.3 is 5.32 Å². The molecule has 3 nitrogen and oxygen atoms in total. The molecule has 1 atom stereocenters. The highest BCUT2D eigenvalue weighted by molar-refractivity contribution is 7.10. The summed E-state index contributed by atoms with van der Waals surface area (Å²) >= 11 is 1.79. The van der Waals surface area contributed by atoms with E-state index in [1.807, 2.05) is 18.7 Å². The normalized spacial score (nSPS) is 12.9. The van der Waals surface area contributed by atoms with Crippen molar-refractivity contribution in [3.63, 3.8) is 0 Å². The summed E-state index contributed by atoms with van der Waals surface area (Å²) in [7, 11) is 1.96. The molecule has 0 spiro atoms. The Kier molecular flexibility index (Phi) is 3.41. The van der Waals surface area contributed by atoms with Crippen LogP contribution in [-0.2, 0) is 13.6 Å². The molecule has 0 aliphatic heterocycles. The number of rotatable bonds is 4. The summed E-state index contributed by atoms with van der Waals surface area (Å²) in [6.07, 6.45) is 2.07. The molecule has 2 aromatic heterocycles. The Morgan fingerprint density at radius 3 is 2.94 bits per heavy atom. The molecular formula is C12H17N3S. The number of aromatic nitrogens is 2. The second-order valence-corrected chi connectivity index (χ2v) is 5.01. The minimum absolute atomic E-state index is 0.402. The summed E-state index contributed by atoms with van der Waals surface area (Å²) in [4.78, 5) is 1.38. The molecule has 4 heteroatoms. The molecule has 86 valence electrons. The van der Waals surface area contributed by atoms with E-state index in [9.17, 15) is 0 Å². The second-order valence-electron chi connectivity index (χ2n) is 4.03. The third-order valence-electron chi connectivity index (χ3n) is 2.68. The zero-order valence-electron chi connectivity index (χ0n) is 9.90. The van der Waals surface area contributed by atoms with Crippen LogP contribution in [0.4, 0.5) is 0 Å². The number of aryl methyl sites for hydroxylation is 2. The van der Waals surface area contributed by atoms with Crippen LogP contribution in [0.25, 0.3) is 0 Å². The van der Waals surface area contributed by atoms with Gasteiger partial charge in [-0.2, -0.15) is 5.10 Å². The van der Waals surface area contributed by atoms with Crippen LogP contribution in [0.1, 0.15) is 29.1 Å². The van der Waals surface area contributed by atoms with Crippen molar-refractivity contribution < 1.29 is 0 Å². The van der Waals surface area contributed by atoms with E-state index in [1.165, 1.54) is 10.4 Å². The molecule has 0 saturated carbocycles. The summed E-state index contributed by atoms with van der Waals surface area (Å²) in [6, 6.07) is 4.66. The molecule has 16 heavy (non-hydrogen) atoms. The summed E-state index contributed by atoms with van der Waals surface area (Å²) in [6.45, 7) is 5.11. The van der Waals surface area contributed by atoms with E-state index in [4.69, 9.17) is 0 Å². The van der Waals surface area contributed by atoms with E-state index in [2.05, 4.69) is 41.0 Å². The Morgan fingerprint density at radius 2 is 2.38 bits per heavy atom. The number of thiophene rings is 1. The number of nitrogens with zero attached hydrogens (tertiary/aromatic N) is 2. The quantitative estimate of drug-likeness (QED) is 0.883. The van der Waals surface area contributed by atoms with Crippen molar-refractivity contribution in [3.8, 4) is 0 Å². The van der Waals surface area contributed by atoms with E-state index >= 15 is 0 Å². The predicted octanol–water partition coefficient (Wildman–Crippen LogP) is 2.64. The maximum atomic E-state index is 4.33. The van der Waals surface area contributed by atoms with Crippen molar-refractivity contribution in [2.75, 3.05) is 0 Å². The molecule has 0 bridgehead atoms. The standard InChI is InChI=1S/C12H17N3S/c1-9-11(8-15(3)14-9)7-13-10(2)12-5-4-6-16-12/h4-6,8,10,13H,7H2,1-3H3. The fourth-order valence-electron chi connectivity index (χ4n) is 1.72. The highest BCUT2D eigenvalue weighted by Gasteiger charge is 2.07. The van der Waals surface area contributed by atoms with E-state index in [-0.39, 0.29) is 0 Å². The summed E-state index contributed by atoms with van der Waals surface area (Å²) in [5.41, 5.74) is 2.37. The number of nitrogens with one attached hydrogen (secondary N) is 1. The van der Waals surface area contributed by atoms with Gasteiger partial charge in [0.15, 0.2) is 0 Å². The van der Waals surface area contributed by atoms with Gasteiger partial charge in [-0.3, -0.25) is 4.68 Å². The van der Waals surface area contributed by atoms with E-state index in [1.54, 1.807) is 11.3 Å². The Balaban J connectivity index is 1.95. The van der Waals surface area contributed by atoms with Crippen LogP contribution >= 0.6 is 11.3 Å². The Bertz CT molecular complexity index is 445. The fraction of sp³-hybridized carbons (Fsp3) is 0.417. The molecule has 2 aromatic rings. The molecule has 1 N–H and O–H groups in total. The molecule has 2 rings (SSSR count). The molecule has 0 aliphatic carbocycles. The van der Waals surface area contributed by atoms with E-state index < -0.39 is 0 Å².